The van der Waals surface area contributed by atoms with E-state index in [9.17, 15) is 4.79 Å². The topological polar surface area (TPSA) is 26.9 Å². The second-order valence-corrected chi connectivity index (χ2v) is 5.99. The van der Waals surface area contributed by atoms with Gasteiger partial charge in [-0.15, -0.1) is 0 Å². The Labute approximate surface area is 136 Å². The molecule has 23 heavy (non-hydrogen) atoms. The van der Waals surface area contributed by atoms with Crippen LogP contribution >= 0.6 is 0 Å². The van der Waals surface area contributed by atoms with Gasteiger partial charge in [0.2, 0.25) is 0 Å². The minimum atomic E-state index is -0.0106. The highest BCUT2D eigenvalue weighted by Crippen LogP contribution is 2.23. The summed E-state index contributed by atoms with van der Waals surface area (Å²) in [6.07, 6.45) is 0. The molecule has 3 aromatic rings. The number of benzene rings is 2. The van der Waals surface area contributed by atoms with E-state index in [1.165, 1.54) is 5.56 Å². The number of aromatic nitrogens is 2. The van der Waals surface area contributed by atoms with Crippen molar-refractivity contribution in [3.8, 4) is 0 Å². The zero-order valence-corrected chi connectivity index (χ0v) is 13.8. The molecule has 0 N–H and O–H groups in total. The van der Waals surface area contributed by atoms with Gasteiger partial charge in [0.25, 0.3) is 5.56 Å². The Bertz CT molecular complexity index is 831. The van der Waals surface area contributed by atoms with Crippen LogP contribution in [0.3, 0.4) is 0 Å². The molecule has 3 rings (SSSR count). The van der Waals surface area contributed by atoms with Gasteiger partial charge in [-0.3, -0.25) is 9.48 Å². The van der Waals surface area contributed by atoms with Crippen molar-refractivity contribution < 1.29 is 0 Å². The van der Waals surface area contributed by atoms with Crippen LogP contribution in [0.4, 0.5) is 0 Å². The Hall–Kier alpha value is -2.55. The van der Waals surface area contributed by atoms with E-state index < -0.39 is 0 Å². The average Bonchev–Trinajstić information content (AvgIpc) is 2.89. The van der Waals surface area contributed by atoms with Gasteiger partial charge >= 0.3 is 0 Å². The van der Waals surface area contributed by atoms with Crippen LogP contribution in [-0.4, -0.2) is 9.36 Å². The fourth-order valence-electron chi connectivity index (χ4n) is 3.20. The Morgan fingerprint density at radius 2 is 1.17 bits per heavy atom. The molecule has 1 heterocycles. The molecule has 0 saturated heterocycles. The summed E-state index contributed by atoms with van der Waals surface area (Å²) in [5.41, 5.74) is 3.35. The van der Waals surface area contributed by atoms with Gasteiger partial charge in [0.1, 0.15) is 0 Å². The Kier molecular flexibility index (Phi) is 4.20. The zero-order chi connectivity index (χ0) is 16.4. The first kappa shape index (κ1) is 15.3. The van der Waals surface area contributed by atoms with Crippen molar-refractivity contribution in [2.75, 3.05) is 0 Å². The maximum atomic E-state index is 12.6. The first-order valence-electron chi connectivity index (χ1n) is 8.00. The van der Waals surface area contributed by atoms with E-state index in [1.807, 2.05) is 48.0 Å². The molecule has 0 radical (unpaired) electrons. The van der Waals surface area contributed by atoms with Gasteiger partial charge in [-0.1, -0.05) is 60.7 Å². The molecular formula is C20H22N2O. The number of rotatable bonds is 4. The average molecular weight is 306 g/mol. The highest BCUT2D eigenvalue weighted by atomic mass is 16.1. The summed E-state index contributed by atoms with van der Waals surface area (Å²) in [4.78, 5) is 12.6. The van der Waals surface area contributed by atoms with Crippen molar-refractivity contribution >= 4 is 0 Å². The van der Waals surface area contributed by atoms with Crippen LogP contribution in [0.2, 0.25) is 0 Å². The lowest BCUT2D eigenvalue weighted by Crippen LogP contribution is -2.29. The molecule has 118 valence electrons. The third-order valence-electron chi connectivity index (χ3n) is 4.45. The standard InChI is InChI=1S/C20H22N2O/c1-15-14-20(23)22(17(3)19-12-8-5-9-13-19)21(15)16(2)18-10-6-4-7-11-18/h4-14,16-17H,1-3H3/t16-,17+/m1/s1. The van der Waals surface area contributed by atoms with E-state index in [4.69, 9.17) is 0 Å². The van der Waals surface area contributed by atoms with Gasteiger partial charge in [-0.05, 0) is 31.9 Å². The maximum Gasteiger partial charge on any atom is 0.267 e. The Balaban J connectivity index is 2.10. The van der Waals surface area contributed by atoms with Gasteiger partial charge in [0.15, 0.2) is 0 Å². The predicted octanol–water partition coefficient (Wildman–Crippen LogP) is 4.18. The normalized spacial score (nSPS) is 13.7. The fourth-order valence-corrected chi connectivity index (χ4v) is 3.20. The van der Waals surface area contributed by atoms with Crippen LogP contribution in [-0.2, 0) is 0 Å². The second-order valence-electron chi connectivity index (χ2n) is 5.99. The lowest BCUT2D eigenvalue weighted by molar-refractivity contribution is 0.387. The van der Waals surface area contributed by atoms with Crippen molar-refractivity contribution in [1.29, 1.82) is 0 Å². The lowest BCUT2D eigenvalue weighted by Gasteiger charge is -2.25. The van der Waals surface area contributed by atoms with Crippen molar-refractivity contribution in [3.05, 3.63) is 93.9 Å². The summed E-state index contributed by atoms with van der Waals surface area (Å²) in [5, 5.41) is 0. The van der Waals surface area contributed by atoms with Crippen LogP contribution in [0.25, 0.3) is 0 Å². The third-order valence-corrected chi connectivity index (χ3v) is 4.45. The molecule has 0 unspecified atom stereocenters. The smallest absolute Gasteiger partial charge is 0.267 e. The summed E-state index contributed by atoms with van der Waals surface area (Å²) in [5.74, 6) is 0. The minimum Gasteiger partial charge on any atom is -0.279 e. The summed E-state index contributed by atoms with van der Waals surface area (Å²) >= 11 is 0. The molecule has 0 saturated carbocycles. The lowest BCUT2D eigenvalue weighted by atomic mass is 10.1. The molecule has 2 aromatic carbocycles. The van der Waals surface area contributed by atoms with Crippen molar-refractivity contribution in [1.82, 2.24) is 9.36 Å². The second kappa shape index (κ2) is 6.29. The molecule has 0 amide bonds. The Morgan fingerprint density at radius 3 is 1.65 bits per heavy atom. The van der Waals surface area contributed by atoms with Crippen LogP contribution in [0, 0.1) is 6.92 Å². The predicted molar refractivity (Wildman–Crippen MR) is 93.9 cm³/mol. The molecule has 0 aliphatic carbocycles. The fraction of sp³-hybridized carbons (Fsp3) is 0.250. The molecular weight excluding hydrogens is 284 g/mol. The molecule has 1 aromatic heterocycles. The van der Waals surface area contributed by atoms with Gasteiger partial charge in [-0.2, -0.15) is 0 Å². The van der Waals surface area contributed by atoms with E-state index in [1.54, 1.807) is 6.07 Å². The molecule has 0 spiro atoms. The first-order valence-corrected chi connectivity index (χ1v) is 8.00. The summed E-state index contributed by atoms with van der Waals surface area (Å²) in [7, 11) is 0. The number of hydrogen-bond donors (Lipinski definition) is 0. The van der Waals surface area contributed by atoms with Crippen LogP contribution < -0.4 is 5.56 Å². The largest absolute Gasteiger partial charge is 0.279 e. The monoisotopic (exact) mass is 306 g/mol. The van der Waals surface area contributed by atoms with Crippen molar-refractivity contribution in [3.63, 3.8) is 0 Å². The molecule has 2 atom stereocenters. The van der Waals surface area contributed by atoms with Crippen LogP contribution in [0.5, 0.6) is 0 Å². The van der Waals surface area contributed by atoms with E-state index in [-0.39, 0.29) is 17.6 Å². The first-order chi connectivity index (χ1) is 11.1. The quantitative estimate of drug-likeness (QED) is 0.710. The summed E-state index contributed by atoms with van der Waals surface area (Å²) in [6.45, 7) is 6.20. The number of nitrogens with zero attached hydrogens (tertiary/aromatic N) is 2. The van der Waals surface area contributed by atoms with Crippen LogP contribution in [0.15, 0.2) is 71.5 Å². The van der Waals surface area contributed by atoms with Gasteiger partial charge < -0.3 is 0 Å². The highest BCUT2D eigenvalue weighted by molar-refractivity contribution is 5.22. The summed E-state index contributed by atoms with van der Waals surface area (Å²) < 4.78 is 3.97. The van der Waals surface area contributed by atoms with E-state index in [0.29, 0.717) is 0 Å². The molecule has 0 fully saturated rings. The molecule has 0 aliphatic heterocycles. The zero-order valence-electron chi connectivity index (χ0n) is 13.8. The third kappa shape index (κ3) is 2.87. The van der Waals surface area contributed by atoms with Gasteiger partial charge in [0, 0.05) is 11.8 Å². The van der Waals surface area contributed by atoms with Crippen molar-refractivity contribution in [2.24, 2.45) is 0 Å². The number of hydrogen-bond acceptors (Lipinski definition) is 1. The SMILES string of the molecule is Cc1cc(=O)n([C@@H](C)c2ccccc2)n1[C@H](C)c1ccccc1. The highest BCUT2D eigenvalue weighted by Gasteiger charge is 2.20. The van der Waals surface area contributed by atoms with E-state index in [2.05, 4.69) is 42.8 Å². The van der Waals surface area contributed by atoms with Crippen LogP contribution in [0.1, 0.15) is 42.8 Å². The van der Waals surface area contributed by atoms with Gasteiger partial charge in [-0.25, -0.2) is 4.68 Å². The molecule has 0 aliphatic rings. The number of aryl methyl sites for hydroxylation is 1. The molecule has 3 heteroatoms. The maximum absolute atomic E-state index is 12.6. The van der Waals surface area contributed by atoms with Gasteiger partial charge in [0.05, 0.1) is 12.1 Å². The molecule has 3 nitrogen and oxygen atoms in total. The summed E-state index contributed by atoms with van der Waals surface area (Å²) in [6, 6.07) is 22.3. The van der Waals surface area contributed by atoms with Crippen molar-refractivity contribution in [2.45, 2.75) is 32.9 Å². The minimum absolute atomic E-state index is 0.0106. The Morgan fingerprint density at radius 1 is 0.739 bits per heavy atom. The molecule has 0 bridgehead atoms. The van der Waals surface area contributed by atoms with E-state index in [0.717, 1.165) is 11.3 Å². The van der Waals surface area contributed by atoms with E-state index >= 15 is 0 Å².